The van der Waals surface area contributed by atoms with Crippen molar-refractivity contribution < 1.29 is 4.79 Å². The number of nitrogens with zero attached hydrogens (tertiary/aromatic N) is 4. The van der Waals surface area contributed by atoms with E-state index in [0.29, 0.717) is 18.0 Å². The van der Waals surface area contributed by atoms with Gasteiger partial charge in [0, 0.05) is 50.8 Å². The van der Waals surface area contributed by atoms with Gasteiger partial charge in [0.05, 0.1) is 11.3 Å². The summed E-state index contributed by atoms with van der Waals surface area (Å²) in [7, 11) is 0. The van der Waals surface area contributed by atoms with Crippen LogP contribution in [0, 0.1) is 5.92 Å². The van der Waals surface area contributed by atoms with Crippen LogP contribution < -0.4 is 5.32 Å². The molecule has 132 valence electrons. The Bertz CT molecular complexity index is 710. The van der Waals surface area contributed by atoms with Gasteiger partial charge in [-0.05, 0) is 43.4 Å². The first-order chi connectivity index (χ1) is 12.3. The number of hydrogen-bond donors (Lipinski definition) is 1. The predicted molar refractivity (Wildman–Crippen MR) is 95.0 cm³/mol. The summed E-state index contributed by atoms with van der Waals surface area (Å²) in [4.78, 5) is 18.8. The van der Waals surface area contributed by atoms with E-state index in [9.17, 15) is 4.79 Å². The molecular formula is C19H25N5O. The van der Waals surface area contributed by atoms with E-state index in [4.69, 9.17) is 0 Å². The SMILES string of the molecule is O=C(NCC[C@@H]1CN(C2CCC2)Cc2ccnn2C1)c1cccnc1. The lowest BCUT2D eigenvalue weighted by molar-refractivity contribution is 0.0930. The Kier molecular flexibility index (Phi) is 4.78. The molecular weight excluding hydrogens is 314 g/mol. The molecule has 3 heterocycles. The normalized spacial score (nSPS) is 21.2. The van der Waals surface area contributed by atoms with Crippen LogP contribution in [0.3, 0.4) is 0 Å². The number of nitrogens with one attached hydrogen (secondary N) is 1. The number of aromatic nitrogens is 3. The van der Waals surface area contributed by atoms with Gasteiger partial charge in [0.1, 0.15) is 0 Å². The monoisotopic (exact) mass is 339 g/mol. The molecule has 1 amide bonds. The Hall–Kier alpha value is -2.21. The number of amides is 1. The van der Waals surface area contributed by atoms with Crippen molar-refractivity contribution in [3.05, 3.63) is 48.0 Å². The van der Waals surface area contributed by atoms with Crippen LogP contribution in [-0.2, 0) is 13.1 Å². The Morgan fingerprint density at radius 1 is 1.24 bits per heavy atom. The minimum absolute atomic E-state index is 0.0441. The molecule has 2 aliphatic rings. The Balaban J connectivity index is 1.35. The molecule has 0 saturated heterocycles. The minimum atomic E-state index is -0.0441. The first kappa shape index (κ1) is 16.3. The highest BCUT2D eigenvalue weighted by Gasteiger charge is 2.30. The van der Waals surface area contributed by atoms with Crippen LogP contribution in [0.5, 0.6) is 0 Å². The van der Waals surface area contributed by atoms with E-state index in [0.717, 1.165) is 32.1 Å². The first-order valence-electron chi connectivity index (χ1n) is 9.22. The average molecular weight is 339 g/mol. The quantitative estimate of drug-likeness (QED) is 0.906. The van der Waals surface area contributed by atoms with Gasteiger partial charge in [-0.2, -0.15) is 5.10 Å². The van der Waals surface area contributed by atoms with Gasteiger partial charge in [0.2, 0.25) is 0 Å². The first-order valence-corrected chi connectivity index (χ1v) is 9.22. The van der Waals surface area contributed by atoms with E-state index in [1.54, 1.807) is 24.5 Å². The second kappa shape index (κ2) is 7.35. The summed E-state index contributed by atoms with van der Waals surface area (Å²) in [5.41, 5.74) is 1.93. The zero-order valence-electron chi connectivity index (χ0n) is 14.5. The Morgan fingerprint density at radius 2 is 2.16 bits per heavy atom. The van der Waals surface area contributed by atoms with E-state index < -0.39 is 0 Å². The summed E-state index contributed by atoms with van der Waals surface area (Å²) in [6, 6.07) is 6.45. The summed E-state index contributed by atoms with van der Waals surface area (Å²) < 4.78 is 2.15. The maximum atomic E-state index is 12.2. The number of rotatable bonds is 5. The van der Waals surface area contributed by atoms with Crippen molar-refractivity contribution in [3.63, 3.8) is 0 Å². The van der Waals surface area contributed by atoms with E-state index in [1.165, 1.54) is 25.0 Å². The van der Waals surface area contributed by atoms with Crippen molar-refractivity contribution in [1.29, 1.82) is 0 Å². The molecule has 0 spiro atoms. The maximum absolute atomic E-state index is 12.2. The Labute approximate surface area is 148 Å². The molecule has 6 nitrogen and oxygen atoms in total. The number of pyridine rings is 1. The highest BCUT2D eigenvalue weighted by molar-refractivity contribution is 5.93. The summed E-state index contributed by atoms with van der Waals surface area (Å²) in [6.07, 6.45) is 10.1. The molecule has 1 atom stereocenters. The second-order valence-corrected chi connectivity index (χ2v) is 7.17. The molecule has 2 aromatic rings. The van der Waals surface area contributed by atoms with Gasteiger partial charge in [-0.25, -0.2) is 0 Å². The van der Waals surface area contributed by atoms with Gasteiger partial charge in [0.25, 0.3) is 5.91 Å². The highest BCUT2D eigenvalue weighted by atomic mass is 16.1. The fourth-order valence-corrected chi connectivity index (χ4v) is 3.77. The maximum Gasteiger partial charge on any atom is 0.252 e. The third kappa shape index (κ3) is 3.74. The van der Waals surface area contributed by atoms with E-state index >= 15 is 0 Å². The van der Waals surface area contributed by atoms with E-state index in [1.807, 2.05) is 6.20 Å². The summed E-state index contributed by atoms with van der Waals surface area (Å²) in [5, 5.41) is 7.52. The molecule has 2 aromatic heterocycles. The number of carbonyl (C=O) groups excluding carboxylic acids is 1. The van der Waals surface area contributed by atoms with Crippen molar-refractivity contribution in [1.82, 2.24) is 25.0 Å². The van der Waals surface area contributed by atoms with Gasteiger partial charge < -0.3 is 5.32 Å². The van der Waals surface area contributed by atoms with Crippen molar-refractivity contribution >= 4 is 5.91 Å². The van der Waals surface area contributed by atoms with Crippen molar-refractivity contribution in [2.45, 2.75) is 44.8 Å². The van der Waals surface area contributed by atoms with Gasteiger partial charge in [0.15, 0.2) is 0 Å². The van der Waals surface area contributed by atoms with Crippen LogP contribution in [0.25, 0.3) is 0 Å². The van der Waals surface area contributed by atoms with Crippen LogP contribution in [0.15, 0.2) is 36.8 Å². The van der Waals surface area contributed by atoms with Crippen molar-refractivity contribution in [3.8, 4) is 0 Å². The molecule has 1 aliphatic heterocycles. The van der Waals surface area contributed by atoms with Crippen LogP contribution in [-0.4, -0.2) is 44.7 Å². The summed E-state index contributed by atoms with van der Waals surface area (Å²) in [6.45, 7) is 3.72. The number of fused-ring (bicyclic) bond motifs is 1. The van der Waals surface area contributed by atoms with Gasteiger partial charge in [-0.15, -0.1) is 0 Å². The topological polar surface area (TPSA) is 63.1 Å². The van der Waals surface area contributed by atoms with Gasteiger partial charge >= 0.3 is 0 Å². The molecule has 4 rings (SSSR count). The fourth-order valence-electron chi connectivity index (χ4n) is 3.77. The smallest absolute Gasteiger partial charge is 0.252 e. The minimum Gasteiger partial charge on any atom is -0.352 e. The molecule has 1 aliphatic carbocycles. The van der Waals surface area contributed by atoms with Crippen LogP contribution >= 0.6 is 0 Å². The number of hydrogen-bond acceptors (Lipinski definition) is 4. The molecule has 0 radical (unpaired) electrons. The summed E-state index contributed by atoms with van der Waals surface area (Å²) >= 11 is 0. The lowest BCUT2D eigenvalue weighted by Crippen LogP contribution is -2.42. The zero-order valence-corrected chi connectivity index (χ0v) is 14.5. The highest BCUT2D eigenvalue weighted by Crippen LogP contribution is 2.29. The molecule has 1 N–H and O–H groups in total. The average Bonchev–Trinajstić information content (AvgIpc) is 2.93. The third-order valence-electron chi connectivity index (χ3n) is 5.45. The molecule has 1 fully saturated rings. The lowest BCUT2D eigenvalue weighted by atomic mass is 9.90. The number of carbonyl (C=O) groups is 1. The largest absolute Gasteiger partial charge is 0.352 e. The second-order valence-electron chi connectivity index (χ2n) is 7.17. The predicted octanol–water partition coefficient (Wildman–Crippen LogP) is 2.08. The lowest BCUT2D eigenvalue weighted by Gasteiger charge is -2.38. The third-order valence-corrected chi connectivity index (χ3v) is 5.45. The van der Waals surface area contributed by atoms with Crippen LogP contribution in [0.2, 0.25) is 0 Å². The fraction of sp³-hybridized carbons (Fsp3) is 0.526. The molecule has 0 unspecified atom stereocenters. The molecule has 0 aromatic carbocycles. The summed E-state index contributed by atoms with van der Waals surface area (Å²) in [5.74, 6) is 0.466. The van der Waals surface area contributed by atoms with Gasteiger partial charge in [-0.3, -0.25) is 19.4 Å². The molecule has 0 bridgehead atoms. The molecule has 1 saturated carbocycles. The van der Waals surface area contributed by atoms with Crippen LogP contribution in [0.4, 0.5) is 0 Å². The Morgan fingerprint density at radius 3 is 2.92 bits per heavy atom. The van der Waals surface area contributed by atoms with Crippen molar-refractivity contribution in [2.75, 3.05) is 13.1 Å². The van der Waals surface area contributed by atoms with Crippen molar-refractivity contribution in [2.24, 2.45) is 5.92 Å². The molecule has 6 heteroatoms. The van der Waals surface area contributed by atoms with E-state index in [2.05, 4.69) is 31.0 Å². The van der Waals surface area contributed by atoms with Crippen LogP contribution in [0.1, 0.15) is 41.7 Å². The van der Waals surface area contributed by atoms with E-state index in [-0.39, 0.29) is 5.91 Å². The zero-order chi connectivity index (χ0) is 17.1. The van der Waals surface area contributed by atoms with Gasteiger partial charge in [-0.1, -0.05) is 6.42 Å². The standard InChI is InChI=1S/C19H25N5O/c25-19(16-3-2-8-20-11-16)21-9-6-15-12-23(17-4-1-5-17)14-18-7-10-22-24(18)13-15/h2-3,7-8,10-11,15,17H,1,4-6,9,12-14H2,(H,21,25)/t15-/m1/s1. The molecule has 25 heavy (non-hydrogen) atoms.